The molecule has 0 amide bonds. The summed E-state index contributed by atoms with van der Waals surface area (Å²) in [5, 5.41) is 6.21. The van der Waals surface area contributed by atoms with E-state index in [1.165, 1.54) is 24.5 Å². The Morgan fingerprint density at radius 2 is 1.50 bits per heavy atom. The number of nitrogens with zero attached hydrogens (tertiary/aromatic N) is 6. The van der Waals surface area contributed by atoms with E-state index < -0.39 is 23.5 Å². The van der Waals surface area contributed by atoms with Crippen molar-refractivity contribution in [2.45, 2.75) is 25.4 Å². The smallest absolute Gasteiger partial charge is 0.364 e. The van der Waals surface area contributed by atoms with E-state index in [0.717, 1.165) is 30.0 Å². The van der Waals surface area contributed by atoms with Gasteiger partial charge in [-0.15, -0.1) is 0 Å². The largest absolute Gasteiger partial charge is 0.416 e. The number of aromatic nitrogens is 6. The summed E-state index contributed by atoms with van der Waals surface area (Å²) < 4.78 is 82.3. The zero-order chi connectivity index (χ0) is 30.9. The molecule has 0 unspecified atom stereocenters. The zero-order valence-corrected chi connectivity index (χ0v) is 22.6. The van der Waals surface area contributed by atoms with Gasteiger partial charge in [0.25, 0.3) is 0 Å². The van der Waals surface area contributed by atoms with Crippen LogP contribution in [0.2, 0.25) is 0 Å². The van der Waals surface area contributed by atoms with Gasteiger partial charge in [0, 0.05) is 30.3 Å². The van der Waals surface area contributed by atoms with Crippen molar-refractivity contribution in [1.29, 1.82) is 0 Å². The number of anilines is 3. The monoisotopic (exact) mass is 608 g/mol. The molecule has 6 aromatic rings. The average molecular weight is 609 g/mol. The molecular formula is C30H22F6N8. The molecule has 0 aliphatic rings. The third kappa shape index (κ3) is 6.33. The minimum atomic E-state index is -4.49. The normalized spacial score (nSPS) is 12.0. The minimum absolute atomic E-state index is 0.0147. The Hall–Kier alpha value is -5.40. The highest BCUT2D eigenvalue weighted by Crippen LogP contribution is 2.31. The topological polar surface area (TPSA) is 85.5 Å². The molecule has 14 heteroatoms. The summed E-state index contributed by atoms with van der Waals surface area (Å²) in [6, 6.07) is 17.1. The van der Waals surface area contributed by atoms with Gasteiger partial charge in [-0.3, -0.25) is 0 Å². The molecular weight excluding hydrogens is 586 g/mol. The van der Waals surface area contributed by atoms with Gasteiger partial charge in [-0.1, -0.05) is 24.3 Å². The first kappa shape index (κ1) is 28.7. The number of hydrogen-bond donors (Lipinski definition) is 2. The highest BCUT2D eigenvalue weighted by Gasteiger charge is 2.31. The predicted molar refractivity (Wildman–Crippen MR) is 151 cm³/mol. The molecule has 0 fully saturated rings. The van der Waals surface area contributed by atoms with E-state index in [9.17, 15) is 26.3 Å². The first-order valence-corrected chi connectivity index (χ1v) is 13.2. The van der Waals surface area contributed by atoms with Crippen LogP contribution < -0.4 is 10.6 Å². The highest BCUT2D eigenvalue weighted by atomic mass is 19.4. The Morgan fingerprint density at radius 3 is 2.18 bits per heavy atom. The van der Waals surface area contributed by atoms with Crippen molar-refractivity contribution in [2.75, 3.05) is 10.6 Å². The summed E-state index contributed by atoms with van der Waals surface area (Å²) in [5.74, 6) is 0.435. The first-order chi connectivity index (χ1) is 21.0. The maximum atomic E-state index is 13.2. The fraction of sp³-hybridized carbons (Fsp3) is 0.133. The number of alkyl halides is 6. The fourth-order valence-corrected chi connectivity index (χ4v) is 4.54. The lowest BCUT2D eigenvalue weighted by Crippen LogP contribution is -2.09. The van der Waals surface area contributed by atoms with Crippen LogP contribution >= 0.6 is 0 Å². The van der Waals surface area contributed by atoms with Crippen molar-refractivity contribution in [3.8, 4) is 5.69 Å². The quantitative estimate of drug-likeness (QED) is 0.175. The molecule has 0 aliphatic carbocycles. The molecule has 0 saturated heterocycles. The zero-order valence-electron chi connectivity index (χ0n) is 22.6. The number of fused-ring (bicyclic) bond motifs is 1. The number of hydrogen-bond acceptors (Lipinski definition) is 6. The van der Waals surface area contributed by atoms with Crippen LogP contribution in [-0.4, -0.2) is 29.1 Å². The van der Waals surface area contributed by atoms with Gasteiger partial charge in [0.1, 0.15) is 0 Å². The van der Waals surface area contributed by atoms with Crippen molar-refractivity contribution in [3.05, 3.63) is 120 Å². The Kier molecular flexibility index (Phi) is 7.41. The lowest BCUT2D eigenvalue weighted by atomic mass is 10.1. The second-order valence-electron chi connectivity index (χ2n) is 9.83. The van der Waals surface area contributed by atoms with Gasteiger partial charge in [-0.05, 0) is 59.7 Å². The van der Waals surface area contributed by atoms with Crippen molar-refractivity contribution < 1.29 is 26.3 Å². The van der Waals surface area contributed by atoms with Crippen LogP contribution in [-0.2, 0) is 25.4 Å². The highest BCUT2D eigenvalue weighted by molar-refractivity contribution is 5.84. The van der Waals surface area contributed by atoms with Gasteiger partial charge in [-0.2, -0.15) is 36.3 Å². The number of nitrogens with one attached hydrogen (secondary N) is 2. The Bertz CT molecular complexity index is 1880. The van der Waals surface area contributed by atoms with Crippen LogP contribution in [0.15, 0.2) is 97.8 Å². The molecule has 0 aliphatic heterocycles. The van der Waals surface area contributed by atoms with Gasteiger partial charge in [0.2, 0.25) is 5.95 Å². The van der Waals surface area contributed by atoms with Crippen LogP contribution in [0.1, 0.15) is 22.3 Å². The second-order valence-corrected chi connectivity index (χ2v) is 9.83. The summed E-state index contributed by atoms with van der Waals surface area (Å²) in [4.78, 5) is 17.6. The molecule has 0 bridgehead atoms. The first-order valence-electron chi connectivity index (χ1n) is 13.2. The van der Waals surface area contributed by atoms with Crippen LogP contribution in [0.3, 0.4) is 0 Å². The molecule has 44 heavy (non-hydrogen) atoms. The Labute approximate surface area is 246 Å². The van der Waals surface area contributed by atoms with Gasteiger partial charge < -0.3 is 19.8 Å². The minimum Gasteiger partial charge on any atom is -0.364 e. The van der Waals surface area contributed by atoms with Crippen molar-refractivity contribution in [1.82, 2.24) is 29.1 Å². The molecule has 2 N–H and O–H groups in total. The van der Waals surface area contributed by atoms with E-state index in [1.807, 2.05) is 28.8 Å². The Balaban J connectivity index is 1.32. The van der Waals surface area contributed by atoms with E-state index in [-0.39, 0.29) is 24.9 Å². The van der Waals surface area contributed by atoms with Crippen LogP contribution in [0.4, 0.5) is 43.8 Å². The summed E-state index contributed by atoms with van der Waals surface area (Å²) >= 11 is 0. The van der Waals surface area contributed by atoms with E-state index in [0.29, 0.717) is 28.0 Å². The van der Waals surface area contributed by atoms with Crippen LogP contribution in [0.5, 0.6) is 0 Å². The molecule has 3 aromatic heterocycles. The van der Waals surface area contributed by atoms with E-state index in [2.05, 4.69) is 30.6 Å². The van der Waals surface area contributed by atoms with E-state index in [4.69, 9.17) is 0 Å². The maximum Gasteiger partial charge on any atom is 0.416 e. The standard InChI is InChI=1S/C30H22F6N8/c31-29(32,33)21-6-4-19(5-7-21)16-44-18-39-25-26(38-15-20-2-1-3-22(14-20)30(34,35)36)41-28(42-27(25)44)40-23-8-10-24(11-9-23)43-13-12-37-17-43/h1-14,17-18H,15-16H2,(H2,38,40,41,42). The molecule has 0 saturated carbocycles. The van der Waals surface area contributed by atoms with Gasteiger partial charge >= 0.3 is 12.4 Å². The molecule has 0 atom stereocenters. The van der Waals surface area contributed by atoms with Gasteiger partial charge in [-0.25, -0.2) is 9.97 Å². The third-order valence-corrected chi connectivity index (χ3v) is 6.74. The summed E-state index contributed by atoms with van der Waals surface area (Å²) in [6.07, 6.45) is -2.32. The summed E-state index contributed by atoms with van der Waals surface area (Å²) in [5.41, 5.74) is 1.67. The second kappa shape index (κ2) is 11.4. The van der Waals surface area contributed by atoms with Gasteiger partial charge in [0.05, 0.1) is 30.3 Å². The van der Waals surface area contributed by atoms with Crippen molar-refractivity contribution in [2.24, 2.45) is 0 Å². The molecule has 0 spiro atoms. The van der Waals surface area contributed by atoms with Crippen LogP contribution in [0, 0.1) is 0 Å². The molecule has 6 rings (SSSR count). The molecule has 3 heterocycles. The predicted octanol–water partition coefficient (Wildman–Crippen LogP) is 7.45. The van der Waals surface area contributed by atoms with Crippen LogP contribution in [0.25, 0.3) is 16.9 Å². The van der Waals surface area contributed by atoms with E-state index in [1.54, 1.807) is 29.4 Å². The number of halogens is 6. The molecule has 3 aromatic carbocycles. The molecule has 0 radical (unpaired) electrons. The lowest BCUT2D eigenvalue weighted by Gasteiger charge is -2.13. The summed E-state index contributed by atoms with van der Waals surface area (Å²) in [7, 11) is 0. The average Bonchev–Trinajstić information content (AvgIpc) is 3.67. The van der Waals surface area contributed by atoms with Crippen molar-refractivity contribution in [3.63, 3.8) is 0 Å². The van der Waals surface area contributed by atoms with E-state index >= 15 is 0 Å². The summed E-state index contributed by atoms with van der Waals surface area (Å²) in [6.45, 7) is 0.179. The number of rotatable bonds is 8. The fourth-order valence-electron chi connectivity index (χ4n) is 4.54. The Morgan fingerprint density at radius 1 is 0.750 bits per heavy atom. The third-order valence-electron chi connectivity index (χ3n) is 6.74. The maximum absolute atomic E-state index is 13.2. The molecule has 224 valence electrons. The van der Waals surface area contributed by atoms with Gasteiger partial charge in [0.15, 0.2) is 17.0 Å². The van der Waals surface area contributed by atoms with Crippen molar-refractivity contribution >= 4 is 28.6 Å². The molecule has 8 nitrogen and oxygen atoms in total. The SMILES string of the molecule is FC(F)(F)c1ccc(Cn2cnc3c(NCc4cccc(C(F)(F)F)c4)nc(Nc4ccc(-n5ccnc5)cc4)nc32)cc1. The lowest BCUT2D eigenvalue weighted by molar-refractivity contribution is -0.138. The number of imidazole rings is 2. The number of benzene rings is 3.